The van der Waals surface area contributed by atoms with Crippen LogP contribution >= 0.6 is 15.9 Å². The number of nitrogens with zero attached hydrogens (tertiary/aromatic N) is 1. The van der Waals surface area contributed by atoms with Crippen molar-refractivity contribution in [1.29, 1.82) is 5.26 Å². The van der Waals surface area contributed by atoms with Crippen LogP contribution in [0.5, 0.6) is 0 Å². The van der Waals surface area contributed by atoms with Gasteiger partial charge in [-0.3, -0.25) is 9.59 Å². The van der Waals surface area contributed by atoms with Gasteiger partial charge in [-0.05, 0) is 31.2 Å². The molecule has 0 aliphatic heterocycles. The molecule has 0 fully saturated rings. The average molecular weight is 311 g/mol. The monoisotopic (exact) mass is 310 g/mol. The summed E-state index contributed by atoms with van der Waals surface area (Å²) in [6.45, 7) is 1.19. The van der Waals surface area contributed by atoms with Gasteiger partial charge in [0.05, 0.1) is 0 Å². The van der Waals surface area contributed by atoms with Crippen LogP contribution in [0.1, 0.15) is 17.3 Å². The minimum atomic E-state index is -0.818. The van der Waals surface area contributed by atoms with E-state index in [0.29, 0.717) is 5.56 Å². The molecule has 0 bridgehead atoms. The van der Waals surface area contributed by atoms with E-state index in [9.17, 15) is 9.59 Å². The summed E-state index contributed by atoms with van der Waals surface area (Å²) in [4.78, 5) is 22.8. The minimum Gasteiger partial charge on any atom is -0.446 e. The lowest BCUT2D eigenvalue weighted by atomic mass is 10.2. The van der Waals surface area contributed by atoms with Crippen molar-refractivity contribution in [1.82, 2.24) is 5.32 Å². The first-order valence-corrected chi connectivity index (χ1v) is 5.95. The number of halogens is 1. The summed E-state index contributed by atoms with van der Waals surface area (Å²) in [6.07, 6.45) is -0.818. The Balaban J connectivity index is 2.44. The first kappa shape index (κ1) is 14.2. The molecule has 5 nitrogen and oxygen atoms in total. The van der Waals surface area contributed by atoms with Crippen molar-refractivity contribution in [2.75, 3.05) is 6.54 Å². The molecule has 0 aliphatic carbocycles. The van der Waals surface area contributed by atoms with Gasteiger partial charge in [-0.25, -0.2) is 0 Å². The number of benzene rings is 1. The lowest BCUT2D eigenvalue weighted by molar-refractivity contribution is -0.144. The molecule has 6 heteroatoms. The lowest BCUT2D eigenvalue weighted by Crippen LogP contribution is -2.31. The highest BCUT2D eigenvalue weighted by molar-refractivity contribution is 9.10. The standard InChI is InChI=1S/C12H11BrN2O3/c1-8(6-14)18-11(16)7-15-12(17)9-2-4-10(13)5-3-9/h2-5,8H,7H2,1H3,(H,15,17)/t8-/m0/s1. The van der Waals surface area contributed by atoms with Crippen molar-refractivity contribution in [2.45, 2.75) is 13.0 Å². The molecule has 1 atom stereocenters. The molecule has 0 heterocycles. The molecule has 0 unspecified atom stereocenters. The van der Waals surface area contributed by atoms with Crippen LogP contribution in [0.4, 0.5) is 0 Å². The fourth-order valence-electron chi connectivity index (χ4n) is 1.12. The van der Waals surface area contributed by atoms with Gasteiger partial charge in [-0.15, -0.1) is 0 Å². The van der Waals surface area contributed by atoms with Crippen molar-refractivity contribution in [3.8, 4) is 6.07 Å². The number of rotatable bonds is 4. The van der Waals surface area contributed by atoms with Crippen LogP contribution in [-0.4, -0.2) is 24.5 Å². The molecule has 0 saturated heterocycles. The molecule has 18 heavy (non-hydrogen) atoms. The van der Waals surface area contributed by atoms with E-state index < -0.39 is 12.1 Å². The van der Waals surface area contributed by atoms with Crippen LogP contribution in [0.3, 0.4) is 0 Å². The van der Waals surface area contributed by atoms with Gasteiger partial charge in [-0.2, -0.15) is 5.26 Å². The fraction of sp³-hybridized carbons (Fsp3) is 0.250. The van der Waals surface area contributed by atoms with Gasteiger partial charge >= 0.3 is 5.97 Å². The molecular formula is C12H11BrN2O3. The molecule has 0 aromatic heterocycles. The quantitative estimate of drug-likeness (QED) is 0.857. The highest BCUT2D eigenvalue weighted by Gasteiger charge is 2.11. The van der Waals surface area contributed by atoms with E-state index in [4.69, 9.17) is 5.26 Å². The summed E-state index contributed by atoms with van der Waals surface area (Å²) in [5.74, 6) is -1.02. The maximum Gasteiger partial charge on any atom is 0.326 e. The molecule has 0 radical (unpaired) electrons. The number of hydrogen-bond donors (Lipinski definition) is 1. The van der Waals surface area contributed by atoms with Crippen LogP contribution in [-0.2, 0) is 9.53 Å². The zero-order valence-corrected chi connectivity index (χ0v) is 11.2. The Morgan fingerprint density at radius 2 is 2.06 bits per heavy atom. The van der Waals surface area contributed by atoms with Crippen molar-refractivity contribution in [2.24, 2.45) is 0 Å². The predicted octanol–water partition coefficient (Wildman–Crippen LogP) is 1.63. The number of esters is 1. The number of carbonyl (C=O) groups is 2. The number of nitrogens with one attached hydrogen (secondary N) is 1. The van der Waals surface area contributed by atoms with Gasteiger partial charge in [0.1, 0.15) is 12.6 Å². The first-order chi connectivity index (χ1) is 8.52. The molecule has 94 valence electrons. The van der Waals surface area contributed by atoms with E-state index in [2.05, 4.69) is 26.0 Å². The number of carbonyl (C=O) groups excluding carboxylic acids is 2. The Morgan fingerprint density at radius 3 is 2.61 bits per heavy atom. The average Bonchev–Trinajstić information content (AvgIpc) is 2.36. The Kier molecular flexibility index (Phi) is 5.33. The van der Waals surface area contributed by atoms with Crippen LogP contribution in [0.2, 0.25) is 0 Å². The molecule has 0 aliphatic rings. The van der Waals surface area contributed by atoms with Gasteiger partial charge in [0.25, 0.3) is 5.91 Å². The largest absolute Gasteiger partial charge is 0.446 e. The molecule has 1 N–H and O–H groups in total. The third-order valence-corrected chi connectivity index (χ3v) is 2.52. The maximum atomic E-state index is 11.6. The topological polar surface area (TPSA) is 79.2 Å². The second-order valence-electron chi connectivity index (χ2n) is 3.45. The highest BCUT2D eigenvalue weighted by atomic mass is 79.9. The summed E-state index contributed by atoms with van der Waals surface area (Å²) >= 11 is 3.26. The zero-order valence-electron chi connectivity index (χ0n) is 9.64. The summed E-state index contributed by atoms with van der Waals surface area (Å²) in [7, 11) is 0. The lowest BCUT2D eigenvalue weighted by Gasteiger charge is -2.07. The Hall–Kier alpha value is -1.87. The van der Waals surface area contributed by atoms with Crippen molar-refractivity contribution in [3.05, 3.63) is 34.3 Å². The van der Waals surface area contributed by atoms with E-state index in [-0.39, 0.29) is 12.5 Å². The predicted molar refractivity (Wildman–Crippen MR) is 67.6 cm³/mol. The van der Waals surface area contributed by atoms with E-state index in [1.54, 1.807) is 30.3 Å². The van der Waals surface area contributed by atoms with Crippen LogP contribution in [0, 0.1) is 11.3 Å². The fourth-order valence-corrected chi connectivity index (χ4v) is 1.39. The second kappa shape index (κ2) is 6.77. The third kappa shape index (κ3) is 4.55. The third-order valence-electron chi connectivity index (χ3n) is 1.99. The number of amides is 1. The molecule has 1 aromatic rings. The Morgan fingerprint density at radius 1 is 1.44 bits per heavy atom. The van der Waals surface area contributed by atoms with Crippen molar-refractivity contribution < 1.29 is 14.3 Å². The highest BCUT2D eigenvalue weighted by Crippen LogP contribution is 2.10. The minimum absolute atomic E-state index is 0.263. The second-order valence-corrected chi connectivity index (χ2v) is 4.37. The van der Waals surface area contributed by atoms with E-state index in [1.165, 1.54) is 6.92 Å². The summed E-state index contributed by atoms with van der Waals surface area (Å²) in [6, 6.07) is 8.47. The zero-order chi connectivity index (χ0) is 13.5. The molecule has 1 aromatic carbocycles. The SMILES string of the molecule is C[C@@H](C#N)OC(=O)CNC(=O)c1ccc(Br)cc1. The van der Waals surface area contributed by atoms with E-state index >= 15 is 0 Å². The van der Waals surface area contributed by atoms with Crippen LogP contribution < -0.4 is 5.32 Å². The number of nitriles is 1. The molecule has 1 amide bonds. The smallest absolute Gasteiger partial charge is 0.326 e. The number of hydrogen-bond acceptors (Lipinski definition) is 4. The Labute approximate surface area is 113 Å². The van der Waals surface area contributed by atoms with Crippen molar-refractivity contribution >= 4 is 27.8 Å². The molecule has 0 saturated carbocycles. The van der Waals surface area contributed by atoms with Gasteiger partial charge in [-0.1, -0.05) is 15.9 Å². The first-order valence-electron chi connectivity index (χ1n) is 5.16. The van der Waals surface area contributed by atoms with Crippen molar-refractivity contribution in [3.63, 3.8) is 0 Å². The van der Waals surface area contributed by atoms with Gasteiger partial charge < -0.3 is 10.1 Å². The van der Waals surface area contributed by atoms with E-state index in [0.717, 1.165) is 4.47 Å². The summed E-state index contributed by atoms with van der Waals surface area (Å²) in [5.41, 5.74) is 0.444. The normalized spacial score (nSPS) is 11.2. The van der Waals surface area contributed by atoms with Crippen LogP contribution in [0.15, 0.2) is 28.7 Å². The molecule has 0 spiro atoms. The van der Waals surface area contributed by atoms with Crippen LogP contribution in [0.25, 0.3) is 0 Å². The maximum absolute atomic E-state index is 11.6. The summed E-state index contributed by atoms with van der Waals surface area (Å²) in [5, 5.41) is 10.9. The molecular weight excluding hydrogens is 300 g/mol. The van der Waals surface area contributed by atoms with Gasteiger partial charge in [0.15, 0.2) is 6.10 Å². The summed E-state index contributed by atoms with van der Waals surface area (Å²) < 4.78 is 5.54. The molecule has 1 rings (SSSR count). The van der Waals surface area contributed by atoms with E-state index in [1.807, 2.05) is 0 Å². The van der Waals surface area contributed by atoms with Gasteiger partial charge in [0.2, 0.25) is 0 Å². The number of ether oxygens (including phenoxy) is 1. The van der Waals surface area contributed by atoms with Gasteiger partial charge in [0, 0.05) is 10.0 Å². The Bertz CT molecular complexity index is 479.